The van der Waals surface area contributed by atoms with Crippen molar-refractivity contribution in [2.45, 2.75) is 37.8 Å². The summed E-state index contributed by atoms with van der Waals surface area (Å²) in [6, 6.07) is 10.4. The smallest absolute Gasteiger partial charge is 0.237 e. The van der Waals surface area contributed by atoms with Crippen LogP contribution in [0.15, 0.2) is 30.5 Å². The molecule has 0 aliphatic carbocycles. The predicted molar refractivity (Wildman–Crippen MR) is 112 cm³/mol. The van der Waals surface area contributed by atoms with Crippen LogP contribution in [-0.4, -0.2) is 66.1 Å². The van der Waals surface area contributed by atoms with Crippen LogP contribution in [0.25, 0.3) is 10.9 Å². The maximum atomic E-state index is 12.6. The van der Waals surface area contributed by atoms with Gasteiger partial charge in [0.25, 0.3) is 0 Å². The molecule has 4 rings (SSSR count). The summed E-state index contributed by atoms with van der Waals surface area (Å²) < 4.78 is 5.43. The number of ether oxygens (including phenoxy) is 1. The summed E-state index contributed by atoms with van der Waals surface area (Å²) in [6.45, 7) is 2.88. The van der Waals surface area contributed by atoms with Gasteiger partial charge in [-0.25, -0.2) is 0 Å². The van der Waals surface area contributed by atoms with Gasteiger partial charge < -0.3 is 15.0 Å². The summed E-state index contributed by atoms with van der Waals surface area (Å²) in [6.07, 6.45) is 5.46. The average Bonchev–Trinajstić information content (AvgIpc) is 3.24. The molecule has 2 aliphatic rings. The number of nitrogens with one attached hydrogen (secondary N) is 1. The molecule has 7 nitrogen and oxygen atoms in total. The minimum absolute atomic E-state index is 0.0904. The Bertz CT molecular complexity index is 917. The molecule has 0 bridgehead atoms. The number of methoxy groups -OCH3 is 1. The Balaban J connectivity index is 1.34. The number of likely N-dealkylation sites (tertiary alicyclic amines) is 2. The van der Waals surface area contributed by atoms with Gasteiger partial charge in [0.15, 0.2) is 0 Å². The molecule has 29 heavy (non-hydrogen) atoms. The number of carbonyl (C=O) groups is 1. The standard InChI is InChI=1S/C22H27N5O2/c1-29-20-7-6-19(18-5-2-10-24-22(18)20)25-16-8-12-26(13-9-16)15-21(28)27-11-3-4-17(27)14-23/h2,5-7,10,16-17,25H,3-4,8-9,11-13,15H2,1H3. The molecule has 1 aromatic heterocycles. The second-order valence-electron chi connectivity index (χ2n) is 7.78. The lowest BCUT2D eigenvalue weighted by Crippen LogP contribution is -2.46. The lowest BCUT2D eigenvalue weighted by molar-refractivity contribution is -0.132. The van der Waals surface area contributed by atoms with Gasteiger partial charge in [-0.05, 0) is 49.9 Å². The van der Waals surface area contributed by atoms with Crippen molar-refractivity contribution >= 4 is 22.5 Å². The summed E-state index contributed by atoms with van der Waals surface area (Å²) in [5.74, 6) is 0.866. The zero-order valence-electron chi connectivity index (χ0n) is 16.8. The highest BCUT2D eigenvalue weighted by atomic mass is 16.5. The fraction of sp³-hybridized carbons (Fsp3) is 0.500. The van der Waals surface area contributed by atoms with E-state index in [1.54, 1.807) is 18.2 Å². The van der Waals surface area contributed by atoms with E-state index < -0.39 is 0 Å². The Kier molecular flexibility index (Phi) is 5.81. The summed E-state index contributed by atoms with van der Waals surface area (Å²) >= 11 is 0. The molecule has 7 heteroatoms. The Hall–Kier alpha value is -2.85. The fourth-order valence-electron chi connectivity index (χ4n) is 4.37. The minimum Gasteiger partial charge on any atom is -0.494 e. The average molecular weight is 393 g/mol. The van der Waals surface area contributed by atoms with Crippen LogP contribution in [0.4, 0.5) is 5.69 Å². The summed E-state index contributed by atoms with van der Waals surface area (Å²) in [5, 5.41) is 13.9. The van der Waals surface area contributed by atoms with E-state index in [2.05, 4.69) is 27.3 Å². The van der Waals surface area contributed by atoms with Gasteiger partial charge in [0.2, 0.25) is 5.91 Å². The second-order valence-corrected chi connectivity index (χ2v) is 7.78. The van der Waals surface area contributed by atoms with E-state index in [4.69, 9.17) is 4.74 Å². The van der Waals surface area contributed by atoms with E-state index in [1.165, 1.54) is 0 Å². The third-order valence-corrected chi connectivity index (χ3v) is 5.98. The molecule has 0 spiro atoms. The number of fused-ring (bicyclic) bond motifs is 1. The van der Waals surface area contributed by atoms with Crippen LogP contribution in [0.5, 0.6) is 5.75 Å². The summed E-state index contributed by atoms with van der Waals surface area (Å²) in [7, 11) is 1.66. The number of hydrogen-bond donors (Lipinski definition) is 1. The first-order valence-corrected chi connectivity index (χ1v) is 10.3. The zero-order valence-corrected chi connectivity index (χ0v) is 16.8. The molecule has 1 atom stereocenters. The highest BCUT2D eigenvalue weighted by Crippen LogP contribution is 2.31. The van der Waals surface area contributed by atoms with Gasteiger partial charge in [-0.3, -0.25) is 14.7 Å². The van der Waals surface area contributed by atoms with Crippen molar-refractivity contribution in [3.05, 3.63) is 30.5 Å². The lowest BCUT2D eigenvalue weighted by atomic mass is 10.0. The molecule has 2 fully saturated rings. The molecule has 152 valence electrons. The van der Waals surface area contributed by atoms with Crippen molar-refractivity contribution in [2.75, 3.05) is 38.6 Å². The normalized spacial score (nSPS) is 20.6. The molecule has 1 N–H and O–H groups in total. The van der Waals surface area contributed by atoms with Crippen LogP contribution in [0, 0.1) is 11.3 Å². The van der Waals surface area contributed by atoms with Crippen molar-refractivity contribution in [3.8, 4) is 11.8 Å². The van der Waals surface area contributed by atoms with E-state index in [-0.39, 0.29) is 11.9 Å². The summed E-state index contributed by atoms with van der Waals surface area (Å²) in [5.41, 5.74) is 1.93. The maximum Gasteiger partial charge on any atom is 0.237 e. The predicted octanol–water partition coefficient (Wildman–Crippen LogP) is 2.63. The number of nitriles is 1. The Morgan fingerprint density at radius 1 is 1.28 bits per heavy atom. The van der Waals surface area contributed by atoms with Crippen LogP contribution in [0.1, 0.15) is 25.7 Å². The third-order valence-electron chi connectivity index (χ3n) is 5.98. The monoisotopic (exact) mass is 393 g/mol. The number of carbonyl (C=O) groups excluding carboxylic acids is 1. The minimum atomic E-state index is -0.237. The number of aromatic nitrogens is 1. The van der Waals surface area contributed by atoms with Gasteiger partial charge in [-0.15, -0.1) is 0 Å². The lowest BCUT2D eigenvalue weighted by Gasteiger charge is -2.33. The van der Waals surface area contributed by atoms with Gasteiger partial charge >= 0.3 is 0 Å². The number of hydrogen-bond acceptors (Lipinski definition) is 6. The van der Waals surface area contributed by atoms with E-state index in [1.807, 2.05) is 18.2 Å². The maximum absolute atomic E-state index is 12.6. The Morgan fingerprint density at radius 2 is 2.10 bits per heavy atom. The van der Waals surface area contributed by atoms with Crippen LogP contribution >= 0.6 is 0 Å². The van der Waals surface area contributed by atoms with Crippen LogP contribution in [-0.2, 0) is 4.79 Å². The molecule has 1 amide bonds. The number of pyridine rings is 1. The molecule has 3 heterocycles. The van der Waals surface area contributed by atoms with Crippen molar-refractivity contribution in [2.24, 2.45) is 0 Å². The Labute approximate surface area is 171 Å². The van der Waals surface area contributed by atoms with Crippen LogP contribution in [0.2, 0.25) is 0 Å². The van der Waals surface area contributed by atoms with Gasteiger partial charge in [-0.1, -0.05) is 0 Å². The second kappa shape index (κ2) is 8.66. The Morgan fingerprint density at radius 3 is 2.86 bits per heavy atom. The first kappa shape index (κ1) is 19.5. The van der Waals surface area contributed by atoms with E-state index >= 15 is 0 Å². The highest BCUT2D eigenvalue weighted by molar-refractivity contribution is 5.95. The molecule has 2 saturated heterocycles. The molecule has 0 saturated carbocycles. The number of rotatable bonds is 5. The van der Waals surface area contributed by atoms with Crippen molar-refractivity contribution in [1.82, 2.24) is 14.8 Å². The third kappa shape index (κ3) is 4.13. The van der Waals surface area contributed by atoms with E-state index in [9.17, 15) is 10.1 Å². The quantitative estimate of drug-likeness (QED) is 0.841. The number of benzene rings is 1. The van der Waals surface area contributed by atoms with Crippen molar-refractivity contribution < 1.29 is 9.53 Å². The van der Waals surface area contributed by atoms with Gasteiger partial charge in [0.1, 0.15) is 17.3 Å². The first-order valence-electron chi connectivity index (χ1n) is 10.3. The summed E-state index contributed by atoms with van der Waals surface area (Å²) in [4.78, 5) is 21.0. The molecular formula is C22H27N5O2. The van der Waals surface area contributed by atoms with E-state index in [0.717, 1.165) is 61.1 Å². The topological polar surface area (TPSA) is 81.5 Å². The molecular weight excluding hydrogens is 366 g/mol. The number of amides is 1. The van der Waals surface area contributed by atoms with Crippen molar-refractivity contribution in [1.29, 1.82) is 5.26 Å². The molecule has 0 radical (unpaired) electrons. The van der Waals surface area contributed by atoms with Gasteiger partial charge in [-0.2, -0.15) is 5.26 Å². The SMILES string of the molecule is COc1ccc(NC2CCN(CC(=O)N3CCCC3C#N)CC2)c2cccnc12. The largest absolute Gasteiger partial charge is 0.494 e. The van der Waals surface area contributed by atoms with Crippen LogP contribution in [0.3, 0.4) is 0 Å². The molecule has 1 unspecified atom stereocenters. The first-order chi connectivity index (χ1) is 14.2. The molecule has 2 aliphatic heterocycles. The molecule has 1 aromatic carbocycles. The van der Waals surface area contributed by atoms with E-state index in [0.29, 0.717) is 19.1 Å². The van der Waals surface area contributed by atoms with Crippen LogP contribution < -0.4 is 10.1 Å². The fourth-order valence-corrected chi connectivity index (χ4v) is 4.37. The highest BCUT2D eigenvalue weighted by Gasteiger charge is 2.30. The number of nitrogens with zero attached hydrogens (tertiary/aromatic N) is 4. The number of anilines is 1. The number of piperidine rings is 1. The molecule has 2 aromatic rings. The van der Waals surface area contributed by atoms with Gasteiger partial charge in [0, 0.05) is 42.9 Å². The van der Waals surface area contributed by atoms with Crippen molar-refractivity contribution in [3.63, 3.8) is 0 Å². The van der Waals surface area contributed by atoms with Gasteiger partial charge in [0.05, 0.1) is 19.7 Å². The zero-order chi connectivity index (χ0) is 20.2.